The Morgan fingerprint density at radius 3 is 2.33 bits per heavy atom. The van der Waals surface area contributed by atoms with Gasteiger partial charge in [-0.2, -0.15) is 11.8 Å². The van der Waals surface area contributed by atoms with E-state index < -0.39 is 5.97 Å². The minimum atomic E-state index is -1.11. The number of carbonyl (C=O) groups excluding carboxylic acids is 1. The van der Waals surface area contributed by atoms with E-state index in [4.69, 9.17) is 28.3 Å². The Morgan fingerprint density at radius 1 is 1.24 bits per heavy atom. The van der Waals surface area contributed by atoms with Crippen LogP contribution in [-0.4, -0.2) is 28.5 Å². The molecule has 0 bridgehead atoms. The summed E-state index contributed by atoms with van der Waals surface area (Å²) in [6, 6.07) is 2.56. The molecule has 0 aliphatic carbocycles. The summed E-state index contributed by atoms with van der Waals surface area (Å²) in [6.45, 7) is 0. The molecule has 2 rings (SSSR count). The zero-order valence-electron chi connectivity index (χ0n) is 11.2. The second-order valence-electron chi connectivity index (χ2n) is 4.93. The molecule has 1 saturated heterocycles. The number of anilines is 1. The van der Waals surface area contributed by atoms with Gasteiger partial charge in [-0.1, -0.05) is 23.2 Å². The number of hydrogen-bond acceptors (Lipinski definition) is 3. The fraction of sp³-hybridized carbons (Fsp3) is 0.429. The van der Waals surface area contributed by atoms with Gasteiger partial charge in [0.2, 0.25) is 5.91 Å². The van der Waals surface area contributed by atoms with E-state index in [9.17, 15) is 9.59 Å². The minimum Gasteiger partial charge on any atom is -0.478 e. The average Bonchev–Trinajstić information content (AvgIpc) is 2.43. The van der Waals surface area contributed by atoms with Crippen LogP contribution in [0.2, 0.25) is 10.0 Å². The topological polar surface area (TPSA) is 66.4 Å². The van der Waals surface area contributed by atoms with Gasteiger partial charge >= 0.3 is 5.97 Å². The van der Waals surface area contributed by atoms with Crippen molar-refractivity contribution in [3.63, 3.8) is 0 Å². The summed E-state index contributed by atoms with van der Waals surface area (Å²) in [7, 11) is 0. The van der Waals surface area contributed by atoms with Crippen LogP contribution in [0.15, 0.2) is 12.1 Å². The molecule has 4 nitrogen and oxygen atoms in total. The van der Waals surface area contributed by atoms with Gasteiger partial charge in [0.1, 0.15) is 0 Å². The molecule has 1 aromatic rings. The maximum Gasteiger partial charge on any atom is 0.335 e. The van der Waals surface area contributed by atoms with E-state index in [1.54, 1.807) is 0 Å². The number of aromatic carboxylic acids is 1. The first-order valence-electron chi connectivity index (χ1n) is 6.57. The Labute approximate surface area is 137 Å². The fourth-order valence-corrected chi connectivity index (χ4v) is 4.00. The second-order valence-corrected chi connectivity index (χ2v) is 6.97. The molecule has 1 aliphatic heterocycles. The number of carboxylic acid groups (broad SMARTS) is 1. The first-order chi connectivity index (χ1) is 9.97. The van der Waals surface area contributed by atoms with Crippen molar-refractivity contribution in [2.75, 3.05) is 16.8 Å². The number of carboxylic acids is 1. The summed E-state index contributed by atoms with van der Waals surface area (Å²) in [5.41, 5.74) is 0.269. The predicted octanol–water partition coefficient (Wildman–Crippen LogP) is 4.16. The monoisotopic (exact) mass is 347 g/mol. The van der Waals surface area contributed by atoms with Crippen molar-refractivity contribution >= 4 is 52.5 Å². The standard InChI is InChI=1S/C14H15Cl2NO3S/c15-10-6-9(14(19)20)7-11(16)13(10)17-12(18)5-8-1-3-21-4-2-8/h6-8H,1-5H2,(H,17,18)(H,19,20). The van der Waals surface area contributed by atoms with E-state index in [1.165, 1.54) is 12.1 Å². The van der Waals surface area contributed by atoms with Crippen molar-refractivity contribution in [3.05, 3.63) is 27.7 Å². The zero-order chi connectivity index (χ0) is 15.4. The van der Waals surface area contributed by atoms with Crippen LogP contribution in [0.25, 0.3) is 0 Å². The van der Waals surface area contributed by atoms with Gasteiger partial charge in [-0.3, -0.25) is 4.79 Å². The number of thioether (sulfide) groups is 1. The minimum absolute atomic E-state index is 0.00713. The molecule has 1 aliphatic rings. The Morgan fingerprint density at radius 2 is 1.81 bits per heavy atom. The predicted molar refractivity (Wildman–Crippen MR) is 86.7 cm³/mol. The van der Waals surface area contributed by atoms with Crippen LogP contribution >= 0.6 is 35.0 Å². The van der Waals surface area contributed by atoms with Crippen LogP contribution < -0.4 is 5.32 Å². The Bertz CT molecular complexity index is 536. The van der Waals surface area contributed by atoms with Gasteiger partial charge in [0.15, 0.2) is 0 Å². The summed E-state index contributed by atoms with van der Waals surface area (Å²) < 4.78 is 0. The number of halogens is 2. The highest BCUT2D eigenvalue weighted by Crippen LogP contribution is 2.33. The van der Waals surface area contributed by atoms with E-state index >= 15 is 0 Å². The third kappa shape index (κ3) is 4.53. The maximum atomic E-state index is 12.1. The van der Waals surface area contributed by atoms with E-state index in [0.29, 0.717) is 12.3 Å². The highest BCUT2D eigenvalue weighted by atomic mass is 35.5. The second kappa shape index (κ2) is 7.38. The van der Waals surface area contributed by atoms with Crippen molar-refractivity contribution in [1.29, 1.82) is 0 Å². The number of nitrogens with one attached hydrogen (secondary N) is 1. The molecule has 0 saturated carbocycles. The van der Waals surface area contributed by atoms with Crippen molar-refractivity contribution in [1.82, 2.24) is 0 Å². The number of hydrogen-bond donors (Lipinski definition) is 2. The summed E-state index contributed by atoms with van der Waals surface area (Å²) in [6.07, 6.45) is 2.52. The van der Waals surface area contributed by atoms with E-state index in [2.05, 4.69) is 5.32 Å². The highest BCUT2D eigenvalue weighted by Gasteiger charge is 2.19. The lowest BCUT2D eigenvalue weighted by Gasteiger charge is -2.21. The lowest BCUT2D eigenvalue weighted by molar-refractivity contribution is -0.117. The quantitative estimate of drug-likeness (QED) is 0.857. The number of benzene rings is 1. The lowest BCUT2D eigenvalue weighted by Crippen LogP contribution is -2.20. The van der Waals surface area contributed by atoms with Crippen molar-refractivity contribution < 1.29 is 14.7 Å². The van der Waals surface area contributed by atoms with Crippen molar-refractivity contribution in [3.8, 4) is 0 Å². The average molecular weight is 348 g/mol. The summed E-state index contributed by atoms with van der Waals surface area (Å²) >= 11 is 13.9. The lowest BCUT2D eigenvalue weighted by atomic mass is 9.98. The van der Waals surface area contributed by atoms with Crippen LogP contribution in [0.4, 0.5) is 5.69 Å². The molecule has 0 atom stereocenters. The molecule has 21 heavy (non-hydrogen) atoms. The first kappa shape index (κ1) is 16.5. The van der Waals surface area contributed by atoms with Gasteiger partial charge in [0.25, 0.3) is 0 Å². The highest BCUT2D eigenvalue weighted by molar-refractivity contribution is 7.99. The van der Waals surface area contributed by atoms with Gasteiger partial charge < -0.3 is 10.4 Å². The first-order valence-corrected chi connectivity index (χ1v) is 8.48. The molecule has 7 heteroatoms. The zero-order valence-corrected chi connectivity index (χ0v) is 13.5. The van der Waals surface area contributed by atoms with Gasteiger partial charge in [-0.15, -0.1) is 0 Å². The van der Waals surface area contributed by atoms with Crippen LogP contribution in [0.3, 0.4) is 0 Å². The van der Waals surface area contributed by atoms with E-state index in [-0.39, 0.29) is 27.2 Å². The molecule has 0 unspecified atom stereocenters. The van der Waals surface area contributed by atoms with Gasteiger partial charge in [0, 0.05) is 6.42 Å². The van der Waals surface area contributed by atoms with Crippen molar-refractivity contribution in [2.24, 2.45) is 5.92 Å². The Hall–Kier alpha value is -0.910. The van der Waals surface area contributed by atoms with Gasteiger partial charge in [-0.05, 0) is 42.4 Å². The van der Waals surface area contributed by atoms with Crippen LogP contribution in [0.1, 0.15) is 29.6 Å². The summed E-state index contributed by atoms with van der Waals surface area (Å²) in [4.78, 5) is 22.9. The van der Waals surface area contributed by atoms with Crippen LogP contribution in [0, 0.1) is 5.92 Å². The van der Waals surface area contributed by atoms with Crippen LogP contribution in [0.5, 0.6) is 0 Å². The SMILES string of the molecule is O=C(CC1CCSCC1)Nc1c(Cl)cc(C(=O)O)cc1Cl. The summed E-state index contributed by atoms with van der Waals surface area (Å²) in [5.74, 6) is 1.32. The molecule has 0 aromatic heterocycles. The fourth-order valence-electron chi connectivity index (χ4n) is 2.22. The maximum absolute atomic E-state index is 12.1. The number of rotatable bonds is 4. The van der Waals surface area contributed by atoms with E-state index in [1.807, 2.05) is 11.8 Å². The van der Waals surface area contributed by atoms with Crippen LogP contribution in [-0.2, 0) is 4.79 Å². The van der Waals surface area contributed by atoms with Crippen molar-refractivity contribution in [2.45, 2.75) is 19.3 Å². The molecule has 1 fully saturated rings. The molecule has 1 aromatic carbocycles. The largest absolute Gasteiger partial charge is 0.478 e. The molecule has 114 valence electrons. The van der Waals surface area contributed by atoms with Gasteiger partial charge in [0.05, 0.1) is 21.3 Å². The molecular weight excluding hydrogens is 333 g/mol. The third-order valence-corrected chi connectivity index (χ3v) is 5.01. The molecule has 0 spiro atoms. The number of carbonyl (C=O) groups is 2. The normalized spacial score (nSPS) is 15.7. The van der Waals surface area contributed by atoms with E-state index in [0.717, 1.165) is 24.3 Å². The Balaban J connectivity index is 2.04. The van der Waals surface area contributed by atoms with Gasteiger partial charge in [-0.25, -0.2) is 4.79 Å². The molecule has 0 radical (unpaired) electrons. The molecule has 1 heterocycles. The smallest absolute Gasteiger partial charge is 0.335 e. The molecule has 1 amide bonds. The number of amides is 1. The molecule has 2 N–H and O–H groups in total. The Kier molecular flexibility index (Phi) is 5.79. The summed E-state index contributed by atoms with van der Waals surface area (Å²) in [5, 5.41) is 11.9. The third-order valence-electron chi connectivity index (χ3n) is 3.37. The molecular formula is C14H15Cl2NO3S.